The van der Waals surface area contributed by atoms with E-state index in [0.29, 0.717) is 22.6 Å². The average molecular weight is 396 g/mol. The zero-order valence-electron chi connectivity index (χ0n) is 16.7. The maximum atomic E-state index is 11.5. The summed E-state index contributed by atoms with van der Waals surface area (Å²) in [4.78, 5) is 23.1. The summed E-state index contributed by atoms with van der Waals surface area (Å²) in [5.41, 5.74) is 4.82. The molecule has 0 saturated carbocycles. The Bertz CT molecular complexity index is 1160. The normalized spacial score (nSPS) is 10.6. The largest absolute Gasteiger partial charge is 0.496 e. The first-order chi connectivity index (χ1) is 14.7. The van der Waals surface area contributed by atoms with Gasteiger partial charge in [-0.15, -0.1) is 0 Å². The Morgan fingerprint density at radius 3 is 1.50 bits per heavy atom. The van der Waals surface area contributed by atoms with Crippen molar-refractivity contribution >= 4 is 23.3 Å². The minimum atomic E-state index is 0.497. The molecule has 0 saturated heterocycles. The quantitative estimate of drug-likeness (QED) is 0.386. The van der Waals surface area contributed by atoms with Crippen molar-refractivity contribution in [1.82, 2.24) is 0 Å². The van der Waals surface area contributed by atoms with E-state index in [4.69, 9.17) is 9.47 Å². The molecule has 0 atom stereocenters. The van der Waals surface area contributed by atoms with Crippen molar-refractivity contribution in [2.45, 2.75) is 0 Å². The number of fused-ring (bicyclic) bond motifs is 1. The van der Waals surface area contributed by atoms with Gasteiger partial charge in [0.2, 0.25) is 0 Å². The number of methoxy groups -OCH3 is 2. The molecule has 4 aromatic rings. The van der Waals surface area contributed by atoms with E-state index in [1.807, 2.05) is 48.5 Å². The Hall–Kier alpha value is -3.92. The lowest BCUT2D eigenvalue weighted by Gasteiger charge is -2.14. The highest BCUT2D eigenvalue weighted by Gasteiger charge is 2.13. The highest BCUT2D eigenvalue weighted by atomic mass is 16.5. The van der Waals surface area contributed by atoms with E-state index in [2.05, 4.69) is 12.1 Å². The fraction of sp³-hybridized carbons (Fsp3) is 0.0769. The van der Waals surface area contributed by atoms with Crippen molar-refractivity contribution in [1.29, 1.82) is 0 Å². The Labute approximate surface area is 174 Å². The fourth-order valence-corrected chi connectivity index (χ4v) is 3.81. The summed E-state index contributed by atoms with van der Waals surface area (Å²) in [7, 11) is 3.10. The van der Waals surface area contributed by atoms with Gasteiger partial charge in [-0.25, -0.2) is 0 Å². The van der Waals surface area contributed by atoms with E-state index < -0.39 is 0 Å². The lowest BCUT2D eigenvalue weighted by Crippen LogP contribution is -1.93. The molecule has 30 heavy (non-hydrogen) atoms. The standard InChI is InChI=1S/C26H20O4/c1-29-24-11-9-18(13-20(24)15-27)22-7-3-5-17-6-4-8-23(26(17)22)19-10-12-25(30-2)21(14-19)16-28/h3-16H,1-2H3. The molecule has 0 aliphatic heterocycles. The van der Waals surface area contributed by atoms with E-state index >= 15 is 0 Å². The first kappa shape index (κ1) is 19.4. The van der Waals surface area contributed by atoms with Gasteiger partial charge in [0.05, 0.1) is 25.3 Å². The monoisotopic (exact) mass is 396 g/mol. The predicted octanol–water partition coefficient (Wildman–Crippen LogP) is 5.82. The van der Waals surface area contributed by atoms with Crippen LogP contribution in [0.25, 0.3) is 33.0 Å². The SMILES string of the molecule is COc1ccc(-c2cccc3cccc(-c4ccc(OC)c(C=O)c4)c23)cc1C=O. The lowest BCUT2D eigenvalue weighted by atomic mass is 9.90. The van der Waals surface area contributed by atoms with Gasteiger partial charge in [-0.3, -0.25) is 9.59 Å². The van der Waals surface area contributed by atoms with Crippen LogP contribution in [-0.2, 0) is 0 Å². The minimum absolute atomic E-state index is 0.497. The van der Waals surface area contributed by atoms with Crippen LogP contribution in [0.1, 0.15) is 20.7 Å². The summed E-state index contributed by atoms with van der Waals surface area (Å²) in [6.07, 6.45) is 1.60. The van der Waals surface area contributed by atoms with Gasteiger partial charge >= 0.3 is 0 Å². The Morgan fingerprint density at radius 2 is 1.10 bits per heavy atom. The second-order valence-corrected chi connectivity index (χ2v) is 6.86. The summed E-state index contributed by atoms with van der Waals surface area (Å²) in [6, 6.07) is 23.3. The second-order valence-electron chi connectivity index (χ2n) is 6.86. The number of benzene rings is 4. The zero-order valence-corrected chi connectivity index (χ0v) is 16.7. The third-order valence-electron chi connectivity index (χ3n) is 5.24. The first-order valence-electron chi connectivity index (χ1n) is 9.49. The van der Waals surface area contributed by atoms with Gasteiger partial charge in [0.15, 0.2) is 12.6 Å². The molecule has 0 amide bonds. The lowest BCUT2D eigenvalue weighted by molar-refractivity contribution is 0.111. The minimum Gasteiger partial charge on any atom is -0.496 e. The molecule has 0 unspecified atom stereocenters. The molecule has 0 fully saturated rings. The van der Waals surface area contributed by atoms with Gasteiger partial charge in [-0.1, -0.05) is 48.5 Å². The third-order valence-corrected chi connectivity index (χ3v) is 5.24. The van der Waals surface area contributed by atoms with Crippen LogP contribution in [0.5, 0.6) is 11.5 Å². The van der Waals surface area contributed by atoms with Crippen LogP contribution < -0.4 is 9.47 Å². The molecular formula is C26H20O4. The molecule has 0 bridgehead atoms. The average Bonchev–Trinajstić information content (AvgIpc) is 2.82. The summed E-state index contributed by atoms with van der Waals surface area (Å²) < 4.78 is 10.6. The molecule has 4 heteroatoms. The Kier molecular flexibility index (Phi) is 5.31. The second kappa shape index (κ2) is 8.21. The highest BCUT2D eigenvalue weighted by Crippen LogP contribution is 2.38. The van der Waals surface area contributed by atoms with Crippen LogP contribution in [0.15, 0.2) is 72.8 Å². The van der Waals surface area contributed by atoms with E-state index in [1.165, 1.54) is 0 Å². The topological polar surface area (TPSA) is 52.6 Å². The number of rotatable bonds is 6. The highest BCUT2D eigenvalue weighted by molar-refractivity contribution is 6.07. The summed E-state index contributed by atoms with van der Waals surface area (Å²) in [5, 5.41) is 2.11. The van der Waals surface area contributed by atoms with Gasteiger partial charge in [0.1, 0.15) is 11.5 Å². The van der Waals surface area contributed by atoms with Crippen molar-refractivity contribution < 1.29 is 19.1 Å². The van der Waals surface area contributed by atoms with Crippen molar-refractivity contribution in [2.75, 3.05) is 14.2 Å². The number of hydrogen-bond acceptors (Lipinski definition) is 4. The molecule has 0 spiro atoms. The van der Waals surface area contributed by atoms with Crippen molar-refractivity contribution in [3.8, 4) is 33.8 Å². The predicted molar refractivity (Wildman–Crippen MR) is 119 cm³/mol. The van der Waals surface area contributed by atoms with Gasteiger partial charge in [0, 0.05) is 0 Å². The number of hydrogen-bond donors (Lipinski definition) is 0. The van der Waals surface area contributed by atoms with Crippen LogP contribution in [0.3, 0.4) is 0 Å². The van der Waals surface area contributed by atoms with E-state index in [9.17, 15) is 9.59 Å². The van der Waals surface area contributed by atoms with Crippen LogP contribution in [-0.4, -0.2) is 26.8 Å². The molecule has 0 N–H and O–H groups in total. The zero-order chi connectivity index (χ0) is 21.1. The van der Waals surface area contributed by atoms with E-state index in [0.717, 1.165) is 45.6 Å². The molecule has 0 aliphatic rings. The summed E-state index contributed by atoms with van der Waals surface area (Å²) in [6.45, 7) is 0. The van der Waals surface area contributed by atoms with Crippen LogP contribution in [0.2, 0.25) is 0 Å². The van der Waals surface area contributed by atoms with Gasteiger partial charge < -0.3 is 9.47 Å². The number of aldehydes is 2. The number of ether oxygens (including phenoxy) is 2. The third kappa shape index (κ3) is 3.33. The van der Waals surface area contributed by atoms with Crippen molar-refractivity contribution in [3.05, 3.63) is 83.9 Å². The molecule has 148 valence electrons. The summed E-state index contributed by atoms with van der Waals surface area (Å²) >= 11 is 0. The van der Waals surface area contributed by atoms with Crippen LogP contribution >= 0.6 is 0 Å². The van der Waals surface area contributed by atoms with Crippen LogP contribution in [0, 0.1) is 0 Å². The van der Waals surface area contributed by atoms with E-state index in [-0.39, 0.29) is 0 Å². The summed E-state index contributed by atoms with van der Waals surface area (Å²) in [5.74, 6) is 1.08. The number of carbonyl (C=O) groups is 2. The molecule has 0 heterocycles. The van der Waals surface area contributed by atoms with Gasteiger partial charge in [0.25, 0.3) is 0 Å². The van der Waals surface area contributed by atoms with Gasteiger partial charge in [-0.05, 0) is 57.3 Å². The van der Waals surface area contributed by atoms with Crippen molar-refractivity contribution in [3.63, 3.8) is 0 Å². The number of carbonyl (C=O) groups excluding carboxylic acids is 2. The van der Waals surface area contributed by atoms with E-state index in [1.54, 1.807) is 26.4 Å². The molecule has 0 aliphatic carbocycles. The Balaban J connectivity index is 1.99. The maximum absolute atomic E-state index is 11.5. The molecule has 4 aromatic carbocycles. The molecular weight excluding hydrogens is 376 g/mol. The molecule has 4 rings (SSSR count). The van der Waals surface area contributed by atoms with Gasteiger partial charge in [-0.2, -0.15) is 0 Å². The first-order valence-corrected chi connectivity index (χ1v) is 9.49. The smallest absolute Gasteiger partial charge is 0.153 e. The van der Waals surface area contributed by atoms with Crippen molar-refractivity contribution in [2.24, 2.45) is 0 Å². The Morgan fingerprint density at radius 1 is 0.633 bits per heavy atom. The van der Waals surface area contributed by atoms with Crippen LogP contribution in [0.4, 0.5) is 0 Å². The fourth-order valence-electron chi connectivity index (χ4n) is 3.81. The maximum Gasteiger partial charge on any atom is 0.153 e. The molecule has 0 aromatic heterocycles. The molecule has 4 nitrogen and oxygen atoms in total. The molecule has 0 radical (unpaired) electrons.